The number of carbonyl (C=O) groups is 1. The van der Waals surface area contributed by atoms with Crippen molar-refractivity contribution >= 4 is 13.7 Å². The summed E-state index contributed by atoms with van der Waals surface area (Å²) >= 11 is 0. The number of aliphatic hydroxyl groups excluding tert-OH is 1. The second-order valence-electron chi connectivity index (χ2n) is 19.9. The van der Waals surface area contributed by atoms with E-state index in [0.29, 0.717) is 23.9 Å². The fourth-order valence-electron chi connectivity index (χ4n) is 8.21. The van der Waals surface area contributed by atoms with Crippen molar-refractivity contribution in [2.75, 3.05) is 40.9 Å². The molecular weight excluding hydrogens is 792 g/mol. The first-order chi connectivity index (χ1) is 30.0. The third kappa shape index (κ3) is 47.2. The summed E-state index contributed by atoms with van der Waals surface area (Å²) in [5.41, 5.74) is 0. The summed E-state index contributed by atoms with van der Waals surface area (Å²) in [4.78, 5) is 25.4. The number of rotatable bonds is 50. The molecule has 0 heterocycles. The topological polar surface area (TPSA) is 108 Å². The number of phosphoric ester groups is 1. The van der Waals surface area contributed by atoms with Gasteiger partial charge in [-0.1, -0.05) is 238 Å². The zero-order valence-corrected chi connectivity index (χ0v) is 43.0. The summed E-state index contributed by atoms with van der Waals surface area (Å²) in [6, 6.07) is -0.796. The zero-order valence-electron chi connectivity index (χ0n) is 42.1. The van der Waals surface area contributed by atoms with Crippen LogP contribution in [-0.2, 0) is 18.4 Å². The Morgan fingerprint density at radius 2 is 0.887 bits per heavy atom. The van der Waals surface area contributed by atoms with Crippen LogP contribution in [-0.4, -0.2) is 68.5 Å². The molecule has 0 aliphatic heterocycles. The van der Waals surface area contributed by atoms with Crippen molar-refractivity contribution < 1.29 is 32.9 Å². The van der Waals surface area contributed by atoms with E-state index >= 15 is 0 Å². The predicted octanol–water partition coefficient (Wildman–Crippen LogP) is 15.2. The summed E-state index contributed by atoms with van der Waals surface area (Å²) in [7, 11) is 1.31. The van der Waals surface area contributed by atoms with Gasteiger partial charge in [-0.05, 0) is 38.5 Å². The van der Waals surface area contributed by atoms with Gasteiger partial charge in [0, 0.05) is 6.42 Å². The smallest absolute Gasteiger partial charge is 0.268 e. The van der Waals surface area contributed by atoms with Crippen molar-refractivity contribution in [3.63, 3.8) is 0 Å². The fraction of sp³-hybridized carbons (Fsp3) is 0.943. The molecule has 0 rings (SSSR count). The number of phosphoric acid groups is 1. The zero-order chi connectivity index (χ0) is 45.7. The monoisotopic (exact) mass is 899 g/mol. The van der Waals surface area contributed by atoms with Crippen LogP contribution in [0.5, 0.6) is 0 Å². The molecule has 0 saturated heterocycles. The average molecular weight is 899 g/mol. The molecule has 0 spiro atoms. The molecule has 3 atom stereocenters. The van der Waals surface area contributed by atoms with Crippen molar-refractivity contribution in [1.29, 1.82) is 0 Å². The van der Waals surface area contributed by atoms with Gasteiger partial charge >= 0.3 is 0 Å². The Kier molecular flexibility index (Phi) is 44.8. The summed E-state index contributed by atoms with van der Waals surface area (Å²) < 4.78 is 23.3. The van der Waals surface area contributed by atoms with Gasteiger partial charge in [-0.2, -0.15) is 0 Å². The fourth-order valence-corrected chi connectivity index (χ4v) is 8.94. The lowest BCUT2D eigenvalue weighted by Crippen LogP contribution is -2.46. The van der Waals surface area contributed by atoms with E-state index in [1.165, 1.54) is 205 Å². The lowest BCUT2D eigenvalue weighted by molar-refractivity contribution is -0.870. The molecule has 3 unspecified atom stereocenters. The Hall–Kier alpha value is -0.760. The largest absolute Gasteiger partial charge is 0.756 e. The first-order valence-corrected chi connectivity index (χ1v) is 28.5. The number of nitrogens with one attached hydrogen (secondary N) is 1. The van der Waals surface area contributed by atoms with E-state index in [1.807, 2.05) is 21.1 Å². The second kappa shape index (κ2) is 45.4. The molecule has 0 aromatic carbocycles. The second-order valence-corrected chi connectivity index (χ2v) is 21.4. The molecule has 8 nitrogen and oxygen atoms in total. The number of allylic oxidation sites excluding steroid dienone is 2. The van der Waals surface area contributed by atoms with Gasteiger partial charge in [-0.25, -0.2) is 0 Å². The lowest BCUT2D eigenvalue weighted by atomic mass is 10.0. The Morgan fingerprint density at radius 3 is 1.26 bits per heavy atom. The number of hydrogen-bond donors (Lipinski definition) is 2. The first-order valence-electron chi connectivity index (χ1n) is 27.0. The Labute approximate surface area is 386 Å². The Bertz CT molecular complexity index is 1020. The van der Waals surface area contributed by atoms with Crippen LogP contribution in [0, 0.1) is 0 Å². The van der Waals surface area contributed by atoms with Crippen molar-refractivity contribution in [2.45, 2.75) is 283 Å². The highest BCUT2D eigenvalue weighted by atomic mass is 31.2. The van der Waals surface area contributed by atoms with E-state index in [9.17, 15) is 19.4 Å². The summed E-state index contributed by atoms with van der Waals surface area (Å²) in [6.45, 7) is 4.74. The van der Waals surface area contributed by atoms with Crippen LogP contribution in [0.3, 0.4) is 0 Å². The minimum Gasteiger partial charge on any atom is -0.756 e. The molecule has 9 heteroatoms. The van der Waals surface area contributed by atoms with Gasteiger partial charge in [-0.15, -0.1) is 0 Å². The van der Waals surface area contributed by atoms with Crippen LogP contribution in [0.1, 0.15) is 271 Å². The lowest BCUT2D eigenvalue weighted by Gasteiger charge is -2.30. The van der Waals surface area contributed by atoms with E-state index < -0.39 is 20.0 Å². The molecule has 0 fully saturated rings. The minimum absolute atomic E-state index is 0.0144. The predicted molar refractivity (Wildman–Crippen MR) is 266 cm³/mol. The highest BCUT2D eigenvalue weighted by molar-refractivity contribution is 7.45. The maximum Gasteiger partial charge on any atom is 0.268 e. The highest BCUT2D eigenvalue weighted by Crippen LogP contribution is 2.38. The number of unbranched alkanes of at least 4 members (excludes halogenated alkanes) is 35. The van der Waals surface area contributed by atoms with Crippen LogP contribution in [0.2, 0.25) is 0 Å². The molecule has 62 heavy (non-hydrogen) atoms. The number of nitrogens with zero attached hydrogens (tertiary/aromatic N) is 1. The van der Waals surface area contributed by atoms with E-state index in [2.05, 4.69) is 31.3 Å². The molecule has 370 valence electrons. The number of amides is 1. The van der Waals surface area contributed by atoms with Gasteiger partial charge in [0.1, 0.15) is 13.2 Å². The molecule has 2 N–H and O–H groups in total. The van der Waals surface area contributed by atoms with Crippen molar-refractivity contribution in [3.8, 4) is 0 Å². The van der Waals surface area contributed by atoms with Gasteiger partial charge < -0.3 is 28.8 Å². The van der Waals surface area contributed by atoms with E-state index in [4.69, 9.17) is 9.05 Å². The van der Waals surface area contributed by atoms with Crippen molar-refractivity contribution in [3.05, 3.63) is 12.2 Å². The number of quaternary nitrogens is 1. The van der Waals surface area contributed by atoms with Gasteiger partial charge in [0.05, 0.1) is 39.9 Å². The normalized spacial score (nSPS) is 14.1. The number of hydrogen-bond acceptors (Lipinski definition) is 6. The van der Waals surface area contributed by atoms with Gasteiger partial charge in [0.15, 0.2) is 0 Å². The first kappa shape index (κ1) is 61.2. The van der Waals surface area contributed by atoms with Crippen LogP contribution in [0.15, 0.2) is 12.2 Å². The van der Waals surface area contributed by atoms with Gasteiger partial charge in [0.2, 0.25) is 5.91 Å². The third-order valence-corrected chi connectivity index (χ3v) is 13.5. The Balaban J connectivity index is 4.05. The molecule has 1 amide bonds. The molecule has 0 aromatic heterocycles. The number of aliphatic hydroxyl groups is 1. The van der Waals surface area contributed by atoms with E-state index in [-0.39, 0.29) is 19.1 Å². The SMILES string of the molecule is CCCCCCCCCCCCCC/C=C\CCCCCCCCCCCCCCC(=O)NC(COP(=O)([O-])OCC[N+](C)(C)C)C(O)CCCCCCCCCCCCCC. The maximum absolute atomic E-state index is 12.9. The molecule has 0 aliphatic carbocycles. The van der Waals surface area contributed by atoms with E-state index in [1.54, 1.807) is 0 Å². The van der Waals surface area contributed by atoms with Crippen LogP contribution >= 0.6 is 7.82 Å². The summed E-state index contributed by atoms with van der Waals surface area (Å²) in [5.74, 6) is -0.162. The van der Waals surface area contributed by atoms with Crippen LogP contribution in [0.4, 0.5) is 0 Å². The van der Waals surface area contributed by atoms with Gasteiger partial charge in [0.25, 0.3) is 7.82 Å². The molecule has 0 aromatic rings. The molecule has 0 saturated carbocycles. The molecule has 0 bridgehead atoms. The highest BCUT2D eigenvalue weighted by Gasteiger charge is 2.24. The summed E-state index contributed by atoms with van der Waals surface area (Å²) in [5, 5.41) is 13.9. The molecule has 0 aliphatic rings. The molecule has 0 radical (unpaired) electrons. The third-order valence-electron chi connectivity index (χ3n) is 12.5. The van der Waals surface area contributed by atoms with Crippen molar-refractivity contribution in [2.24, 2.45) is 0 Å². The maximum atomic E-state index is 12.9. The van der Waals surface area contributed by atoms with Crippen LogP contribution in [0.25, 0.3) is 0 Å². The van der Waals surface area contributed by atoms with E-state index in [0.717, 1.165) is 38.5 Å². The molecular formula is C53H107N2O6P. The number of likely N-dealkylation sites (N-methyl/N-ethyl adjacent to an activating group) is 1. The standard InChI is InChI=1S/C53H107N2O6P/c1-6-8-10-12-14-16-18-20-21-22-23-24-25-26-27-28-29-30-31-32-33-34-35-37-39-41-43-45-47-53(57)54-51(50-61-62(58,59)60-49-48-55(3,4)5)52(56)46-44-42-40-38-36-19-17-15-13-11-9-7-2/h26-27,51-52,56H,6-25,28-50H2,1-5H3,(H-,54,57,58,59)/b27-26-. The van der Waals surface area contributed by atoms with Gasteiger partial charge in [-0.3, -0.25) is 9.36 Å². The average Bonchev–Trinajstić information content (AvgIpc) is 3.23. The number of carbonyl (C=O) groups excluding carboxylic acids is 1. The Morgan fingerprint density at radius 1 is 0.548 bits per heavy atom. The summed E-state index contributed by atoms with van der Waals surface area (Å²) in [6.07, 6.45) is 53.9. The quantitative estimate of drug-likeness (QED) is 0.0272. The minimum atomic E-state index is -4.56. The van der Waals surface area contributed by atoms with Crippen LogP contribution < -0.4 is 10.2 Å². The van der Waals surface area contributed by atoms with Crippen molar-refractivity contribution in [1.82, 2.24) is 5.32 Å².